The van der Waals surface area contributed by atoms with Crippen LogP contribution < -0.4 is 5.32 Å². The van der Waals surface area contributed by atoms with Crippen LogP contribution in [0.25, 0.3) is 22.3 Å². The van der Waals surface area contributed by atoms with Gasteiger partial charge in [-0.1, -0.05) is 6.07 Å². The third kappa shape index (κ3) is 4.25. The molecule has 0 unspecified atom stereocenters. The molecule has 0 radical (unpaired) electrons. The molecule has 31 heavy (non-hydrogen) atoms. The molecule has 0 atom stereocenters. The Morgan fingerprint density at radius 2 is 1.90 bits per heavy atom. The highest BCUT2D eigenvalue weighted by molar-refractivity contribution is 5.92. The second-order valence-corrected chi connectivity index (χ2v) is 8.06. The number of pyridine rings is 1. The maximum Gasteiger partial charge on any atom is 0.163 e. The second kappa shape index (κ2) is 8.40. The van der Waals surface area contributed by atoms with Gasteiger partial charge in [0.2, 0.25) is 0 Å². The Morgan fingerprint density at radius 3 is 2.68 bits per heavy atom. The molecule has 2 aromatic heterocycles. The number of hydrogen-bond acceptors (Lipinski definition) is 5. The van der Waals surface area contributed by atoms with Crippen LogP contribution in [0.2, 0.25) is 0 Å². The number of nitrogens with zero attached hydrogens (tertiary/aromatic N) is 4. The molecule has 1 fully saturated rings. The highest BCUT2D eigenvalue weighted by Gasteiger charge is 2.15. The van der Waals surface area contributed by atoms with Gasteiger partial charge < -0.3 is 5.32 Å². The predicted molar refractivity (Wildman–Crippen MR) is 122 cm³/mol. The standard InChI is InChI=1S/C25H24FN5/c1-17-13-20(7-9-22(17)26)28-25-21-8-6-18(16-31-11-2-3-12-31)14-23(21)29-24(30-25)19-5-4-10-27-15-19/h4-10,13-15H,2-3,11-12,16H2,1H3,(H,28,29,30). The number of rotatable bonds is 5. The van der Waals surface area contributed by atoms with E-state index in [2.05, 4.69) is 33.4 Å². The van der Waals surface area contributed by atoms with Crippen molar-refractivity contribution >= 4 is 22.4 Å². The van der Waals surface area contributed by atoms with E-state index in [-0.39, 0.29) is 5.82 Å². The van der Waals surface area contributed by atoms with Crippen molar-refractivity contribution in [3.05, 3.63) is 77.9 Å². The lowest BCUT2D eigenvalue weighted by molar-refractivity contribution is 0.331. The largest absolute Gasteiger partial charge is 0.340 e. The Balaban J connectivity index is 1.58. The van der Waals surface area contributed by atoms with Gasteiger partial charge in [-0.25, -0.2) is 14.4 Å². The molecule has 0 saturated carbocycles. The first-order valence-corrected chi connectivity index (χ1v) is 10.6. The monoisotopic (exact) mass is 413 g/mol. The summed E-state index contributed by atoms with van der Waals surface area (Å²) in [5.74, 6) is 1.09. The highest BCUT2D eigenvalue weighted by atomic mass is 19.1. The highest BCUT2D eigenvalue weighted by Crippen LogP contribution is 2.29. The Morgan fingerprint density at radius 1 is 1.03 bits per heavy atom. The molecule has 1 aliphatic heterocycles. The molecule has 0 aliphatic carbocycles. The van der Waals surface area contributed by atoms with Crippen LogP contribution in [-0.2, 0) is 6.54 Å². The van der Waals surface area contributed by atoms with Crippen LogP contribution in [0.5, 0.6) is 0 Å². The topological polar surface area (TPSA) is 53.9 Å². The molecule has 5 nitrogen and oxygen atoms in total. The summed E-state index contributed by atoms with van der Waals surface area (Å²) in [5, 5.41) is 4.30. The second-order valence-electron chi connectivity index (χ2n) is 8.06. The van der Waals surface area contributed by atoms with E-state index in [0.29, 0.717) is 17.2 Å². The van der Waals surface area contributed by atoms with Crippen LogP contribution in [-0.4, -0.2) is 32.9 Å². The van der Waals surface area contributed by atoms with Gasteiger partial charge in [0, 0.05) is 35.6 Å². The third-order valence-electron chi connectivity index (χ3n) is 5.71. The van der Waals surface area contributed by atoms with E-state index in [1.807, 2.05) is 12.1 Å². The molecule has 6 heteroatoms. The van der Waals surface area contributed by atoms with Crippen LogP contribution >= 0.6 is 0 Å². The number of nitrogens with one attached hydrogen (secondary N) is 1. The van der Waals surface area contributed by atoms with Crippen LogP contribution in [0.4, 0.5) is 15.9 Å². The van der Waals surface area contributed by atoms with Crippen molar-refractivity contribution in [2.24, 2.45) is 0 Å². The van der Waals surface area contributed by atoms with E-state index in [1.165, 1.54) is 24.5 Å². The summed E-state index contributed by atoms with van der Waals surface area (Å²) in [6.07, 6.45) is 6.04. The number of anilines is 2. The fourth-order valence-electron chi connectivity index (χ4n) is 4.05. The normalized spacial score (nSPS) is 14.3. The maximum atomic E-state index is 13.7. The van der Waals surface area contributed by atoms with Crippen molar-refractivity contribution in [2.75, 3.05) is 18.4 Å². The molecule has 1 saturated heterocycles. The zero-order valence-electron chi connectivity index (χ0n) is 17.5. The van der Waals surface area contributed by atoms with E-state index in [1.54, 1.807) is 31.5 Å². The van der Waals surface area contributed by atoms with Crippen LogP contribution in [0.15, 0.2) is 60.9 Å². The molecule has 1 N–H and O–H groups in total. The lowest BCUT2D eigenvalue weighted by Gasteiger charge is -2.16. The quantitative estimate of drug-likeness (QED) is 0.470. The number of aromatic nitrogens is 3. The van der Waals surface area contributed by atoms with Gasteiger partial charge in [-0.2, -0.15) is 0 Å². The van der Waals surface area contributed by atoms with Gasteiger partial charge in [0.25, 0.3) is 0 Å². The zero-order chi connectivity index (χ0) is 21.2. The molecule has 0 amide bonds. The van der Waals surface area contributed by atoms with E-state index in [0.717, 1.165) is 41.8 Å². The Labute approximate surface area is 181 Å². The maximum absolute atomic E-state index is 13.7. The van der Waals surface area contributed by atoms with Crippen molar-refractivity contribution in [3.63, 3.8) is 0 Å². The van der Waals surface area contributed by atoms with Crippen molar-refractivity contribution < 1.29 is 4.39 Å². The third-order valence-corrected chi connectivity index (χ3v) is 5.71. The lowest BCUT2D eigenvalue weighted by atomic mass is 10.1. The first kappa shape index (κ1) is 19.6. The van der Waals surface area contributed by atoms with Gasteiger partial charge in [-0.15, -0.1) is 0 Å². The van der Waals surface area contributed by atoms with Crippen molar-refractivity contribution in [3.8, 4) is 11.4 Å². The summed E-state index contributed by atoms with van der Waals surface area (Å²) in [6.45, 7) is 4.99. The summed E-state index contributed by atoms with van der Waals surface area (Å²) in [7, 11) is 0. The SMILES string of the molecule is Cc1cc(Nc2nc(-c3cccnc3)nc3cc(CN4CCCC4)ccc23)ccc1F. The van der Waals surface area contributed by atoms with Crippen LogP contribution in [0.3, 0.4) is 0 Å². The summed E-state index contributed by atoms with van der Waals surface area (Å²) >= 11 is 0. The average molecular weight is 414 g/mol. The van der Waals surface area contributed by atoms with Gasteiger partial charge in [-0.3, -0.25) is 9.88 Å². The van der Waals surface area contributed by atoms with Crippen LogP contribution in [0, 0.1) is 12.7 Å². The fourth-order valence-corrected chi connectivity index (χ4v) is 4.05. The number of likely N-dealkylation sites (tertiary alicyclic amines) is 1. The molecule has 5 rings (SSSR count). The van der Waals surface area contributed by atoms with Crippen molar-refractivity contribution in [1.29, 1.82) is 0 Å². The summed E-state index contributed by atoms with van der Waals surface area (Å²) in [4.78, 5) is 16.3. The molecule has 4 aromatic rings. The number of halogens is 1. The van der Waals surface area contributed by atoms with Crippen LogP contribution in [0.1, 0.15) is 24.0 Å². The Hall–Kier alpha value is -3.38. The summed E-state index contributed by atoms with van der Waals surface area (Å²) < 4.78 is 13.7. The molecular formula is C25H24FN5. The Kier molecular flexibility index (Phi) is 5.30. The predicted octanol–water partition coefficient (Wildman–Crippen LogP) is 5.48. The smallest absolute Gasteiger partial charge is 0.163 e. The number of aryl methyl sites for hydroxylation is 1. The van der Waals surface area contributed by atoms with Gasteiger partial charge in [0.1, 0.15) is 11.6 Å². The number of hydrogen-bond donors (Lipinski definition) is 1. The lowest BCUT2D eigenvalue weighted by Crippen LogP contribution is -2.18. The minimum Gasteiger partial charge on any atom is -0.340 e. The minimum atomic E-state index is -0.222. The Bertz CT molecular complexity index is 1220. The summed E-state index contributed by atoms with van der Waals surface area (Å²) in [6, 6.07) is 15.2. The molecule has 2 aromatic carbocycles. The molecule has 0 spiro atoms. The fraction of sp³-hybridized carbons (Fsp3) is 0.240. The van der Waals surface area contributed by atoms with E-state index in [4.69, 9.17) is 9.97 Å². The van der Waals surface area contributed by atoms with Crippen molar-refractivity contribution in [2.45, 2.75) is 26.3 Å². The van der Waals surface area contributed by atoms with E-state index >= 15 is 0 Å². The van der Waals surface area contributed by atoms with E-state index < -0.39 is 0 Å². The summed E-state index contributed by atoms with van der Waals surface area (Å²) in [5.41, 5.74) is 4.36. The molecule has 1 aliphatic rings. The van der Waals surface area contributed by atoms with Gasteiger partial charge in [-0.05, 0) is 86.4 Å². The molecule has 3 heterocycles. The first-order valence-electron chi connectivity index (χ1n) is 10.6. The van der Waals surface area contributed by atoms with Gasteiger partial charge in [0.15, 0.2) is 5.82 Å². The van der Waals surface area contributed by atoms with Gasteiger partial charge in [0.05, 0.1) is 5.52 Å². The molecular weight excluding hydrogens is 389 g/mol. The van der Waals surface area contributed by atoms with Crippen molar-refractivity contribution in [1.82, 2.24) is 19.9 Å². The molecule has 0 bridgehead atoms. The average Bonchev–Trinajstić information content (AvgIpc) is 3.29. The zero-order valence-corrected chi connectivity index (χ0v) is 17.5. The first-order chi connectivity index (χ1) is 15.2. The number of benzene rings is 2. The molecule has 156 valence electrons. The van der Waals surface area contributed by atoms with E-state index in [9.17, 15) is 4.39 Å². The minimum absolute atomic E-state index is 0.222. The van der Waals surface area contributed by atoms with Gasteiger partial charge >= 0.3 is 0 Å². The number of fused-ring (bicyclic) bond motifs is 1.